The smallest absolute Gasteiger partial charge is 0.302 e. The Morgan fingerprint density at radius 1 is 1.38 bits per heavy atom. The number of rotatable bonds is 3. The predicted molar refractivity (Wildman–Crippen MR) is 53.5 cm³/mol. The van der Waals surface area contributed by atoms with Crippen molar-refractivity contribution in [1.29, 1.82) is 0 Å². The Morgan fingerprint density at radius 2 is 2.00 bits per heavy atom. The lowest BCUT2D eigenvalue weighted by atomic mass is 9.91. The largest absolute Gasteiger partial charge is 0.463 e. The highest BCUT2D eigenvalue weighted by Gasteiger charge is 2.42. The number of carbonyl (C=O) groups excluding carboxylic acids is 1. The van der Waals surface area contributed by atoms with Gasteiger partial charge in [0.05, 0.1) is 12.2 Å². The van der Waals surface area contributed by atoms with E-state index in [0.717, 1.165) is 0 Å². The summed E-state index contributed by atoms with van der Waals surface area (Å²) in [7, 11) is 1.37. The first-order valence-electron chi connectivity index (χ1n) is 5.15. The Labute approximate surface area is 94.1 Å². The molecule has 0 aliphatic carbocycles. The lowest BCUT2D eigenvalue weighted by Gasteiger charge is -2.40. The van der Waals surface area contributed by atoms with Crippen molar-refractivity contribution in [2.45, 2.75) is 38.4 Å². The SMILES string of the molecule is CO[C@H]1OC(COC(C)=O)[C@H](C)[C@@H](O)C1O. The number of esters is 1. The fourth-order valence-corrected chi connectivity index (χ4v) is 1.65. The van der Waals surface area contributed by atoms with Crippen LogP contribution in [0.2, 0.25) is 0 Å². The van der Waals surface area contributed by atoms with E-state index in [-0.39, 0.29) is 12.5 Å². The monoisotopic (exact) mass is 234 g/mol. The highest BCUT2D eigenvalue weighted by atomic mass is 16.7. The summed E-state index contributed by atoms with van der Waals surface area (Å²) in [6.45, 7) is 3.06. The quantitative estimate of drug-likeness (QED) is 0.627. The van der Waals surface area contributed by atoms with Gasteiger partial charge in [0.15, 0.2) is 6.29 Å². The van der Waals surface area contributed by atoms with Crippen LogP contribution in [0, 0.1) is 5.92 Å². The van der Waals surface area contributed by atoms with Crippen molar-refractivity contribution in [3.63, 3.8) is 0 Å². The van der Waals surface area contributed by atoms with E-state index in [2.05, 4.69) is 0 Å². The second-order valence-electron chi connectivity index (χ2n) is 3.92. The van der Waals surface area contributed by atoms with E-state index in [4.69, 9.17) is 14.2 Å². The van der Waals surface area contributed by atoms with Gasteiger partial charge in [0.1, 0.15) is 12.7 Å². The maximum absolute atomic E-state index is 10.7. The maximum Gasteiger partial charge on any atom is 0.302 e. The van der Waals surface area contributed by atoms with Crippen LogP contribution in [-0.4, -0.2) is 54.5 Å². The van der Waals surface area contributed by atoms with Crippen LogP contribution >= 0.6 is 0 Å². The number of hydrogen-bond acceptors (Lipinski definition) is 6. The summed E-state index contributed by atoms with van der Waals surface area (Å²) >= 11 is 0. The molecule has 16 heavy (non-hydrogen) atoms. The third-order valence-electron chi connectivity index (χ3n) is 2.75. The molecule has 5 atom stereocenters. The molecule has 0 saturated carbocycles. The molecule has 2 N–H and O–H groups in total. The van der Waals surface area contributed by atoms with Crippen LogP contribution < -0.4 is 0 Å². The summed E-state index contributed by atoms with van der Waals surface area (Å²) in [5.41, 5.74) is 0. The van der Waals surface area contributed by atoms with Crippen LogP contribution in [0.15, 0.2) is 0 Å². The maximum atomic E-state index is 10.7. The van der Waals surface area contributed by atoms with Crippen molar-refractivity contribution in [3.8, 4) is 0 Å². The van der Waals surface area contributed by atoms with Gasteiger partial charge in [-0.3, -0.25) is 4.79 Å². The highest BCUT2D eigenvalue weighted by molar-refractivity contribution is 5.65. The Bertz CT molecular complexity index is 241. The average Bonchev–Trinajstić information content (AvgIpc) is 2.25. The molecule has 94 valence electrons. The topological polar surface area (TPSA) is 85.2 Å². The number of aliphatic hydroxyl groups is 2. The molecule has 0 aromatic carbocycles. The summed E-state index contributed by atoms with van der Waals surface area (Å²) in [5, 5.41) is 19.3. The van der Waals surface area contributed by atoms with Gasteiger partial charge in [-0.15, -0.1) is 0 Å². The minimum absolute atomic E-state index is 0.0418. The Balaban J connectivity index is 2.60. The fraction of sp³-hybridized carbons (Fsp3) is 0.900. The van der Waals surface area contributed by atoms with Gasteiger partial charge >= 0.3 is 5.97 Å². The molecule has 0 amide bonds. The second kappa shape index (κ2) is 5.58. The molecule has 0 bridgehead atoms. The standard InChI is InChI=1S/C10H18O6/c1-5-7(4-15-6(2)11)16-10(14-3)9(13)8(5)12/h5,7-10,12-13H,4H2,1-3H3/t5-,7?,8+,9?,10-/m0/s1. The van der Waals surface area contributed by atoms with Crippen molar-refractivity contribution in [2.75, 3.05) is 13.7 Å². The zero-order valence-corrected chi connectivity index (χ0v) is 9.62. The number of aliphatic hydroxyl groups excluding tert-OH is 2. The molecule has 2 unspecified atom stereocenters. The van der Waals surface area contributed by atoms with Crippen molar-refractivity contribution in [3.05, 3.63) is 0 Å². The molecule has 1 aliphatic rings. The van der Waals surface area contributed by atoms with Crippen LogP contribution in [0.25, 0.3) is 0 Å². The zero-order chi connectivity index (χ0) is 12.3. The summed E-state index contributed by atoms with van der Waals surface area (Å²) in [4.78, 5) is 10.7. The van der Waals surface area contributed by atoms with Crippen molar-refractivity contribution in [1.82, 2.24) is 0 Å². The van der Waals surface area contributed by atoms with E-state index in [1.165, 1.54) is 14.0 Å². The second-order valence-corrected chi connectivity index (χ2v) is 3.92. The lowest BCUT2D eigenvalue weighted by Crippen LogP contribution is -2.55. The number of methoxy groups -OCH3 is 1. The van der Waals surface area contributed by atoms with E-state index in [1.807, 2.05) is 0 Å². The van der Waals surface area contributed by atoms with E-state index in [0.29, 0.717) is 0 Å². The zero-order valence-electron chi connectivity index (χ0n) is 9.62. The predicted octanol–water partition coefficient (Wildman–Crippen LogP) is -0.721. The van der Waals surface area contributed by atoms with Crippen LogP contribution in [-0.2, 0) is 19.0 Å². The van der Waals surface area contributed by atoms with E-state index >= 15 is 0 Å². The van der Waals surface area contributed by atoms with E-state index in [1.54, 1.807) is 6.92 Å². The molecule has 0 spiro atoms. The van der Waals surface area contributed by atoms with Crippen LogP contribution in [0.4, 0.5) is 0 Å². The normalized spacial score (nSPS) is 39.4. The first-order valence-corrected chi connectivity index (χ1v) is 5.15. The number of hydrogen-bond donors (Lipinski definition) is 2. The fourth-order valence-electron chi connectivity index (χ4n) is 1.65. The first kappa shape index (κ1) is 13.4. The average molecular weight is 234 g/mol. The molecule has 1 aliphatic heterocycles. The van der Waals surface area contributed by atoms with Crippen LogP contribution in [0.1, 0.15) is 13.8 Å². The van der Waals surface area contributed by atoms with Crippen LogP contribution in [0.3, 0.4) is 0 Å². The molecule has 6 heteroatoms. The summed E-state index contributed by atoms with van der Waals surface area (Å²) in [5.74, 6) is -0.744. The van der Waals surface area contributed by atoms with Gasteiger partial charge in [-0.25, -0.2) is 0 Å². The van der Waals surface area contributed by atoms with E-state index < -0.39 is 30.6 Å². The van der Waals surface area contributed by atoms with Crippen molar-refractivity contribution in [2.24, 2.45) is 5.92 Å². The molecule has 1 heterocycles. The van der Waals surface area contributed by atoms with Gasteiger partial charge in [-0.2, -0.15) is 0 Å². The van der Waals surface area contributed by atoms with Gasteiger partial charge in [0, 0.05) is 20.0 Å². The summed E-state index contributed by atoms with van der Waals surface area (Å²) < 4.78 is 15.1. The van der Waals surface area contributed by atoms with Gasteiger partial charge in [0.2, 0.25) is 0 Å². The minimum atomic E-state index is -1.09. The van der Waals surface area contributed by atoms with Crippen molar-refractivity contribution < 1.29 is 29.2 Å². The molecule has 0 radical (unpaired) electrons. The molecule has 1 fully saturated rings. The summed E-state index contributed by atoms with van der Waals surface area (Å²) in [6, 6.07) is 0. The molecule has 1 rings (SSSR count). The molecule has 0 aromatic rings. The highest BCUT2D eigenvalue weighted by Crippen LogP contribution is 2.26. The Morgan fingerprint density at radius 3 is 2.50 bits per heavy atom. The van der Waals surface area contributed by atoms with Gasteiger partial charge < -0.3 is 24.4 Å². The molecule has 0 aromatic heterocycles. The van der Waals surface area contributed by atoms with Crippen LogP contribution in [0.5, 0.6) is 0 Å². The summed E-state index contributed by atoms with van der Waals surface area (Å²) in [6.07, 6.45) is -3.42. The first-order chi connectivity index (χ1) is 7.47. The third kappa shape index (κ3) is 2.91. The number of carbonyl (C=O) groups is 1. The van der Waals surface area contributed by atoms with Gasteiger partial charge in [0.25, 0.3) is 0 Å². The molecular weight excluding hydrogens is 216 g/mol. The molecule has 1 saturated heterocycles. The Kier molecular flexibility index (Phi) is 4.67. The number of ether oxygens (including phenoxy) is 3. The van der Waals surface area contributed by atoms with Gasteiger partial charge in [-0.05, 0) is 0 Å². The molecular formula is C10H18O6. The third-order valence-corrected chi connectivity index (χ3v) is 2.75. The van der Waals surface area contributed by atoms with E-state index in [9.17, 15) is 15.0 Å². The van der Waals surface area contributed by atoms with Gasteiger partial charge in [-0.1, -0.05) is 6.92 Å². The molecule has 6 nitrogen and oxygen atoms in total. The van der Waals surface area contributed by atoms with Crippen molar-refractivity contribution >= 4 is 5.97 Å². The Hall–Kier alpha value is -0.690. The lowest BCUT2D eigenvalue weighted by molar-refractivity contribution is -0.281. The minimum Gasteiger partial charge on any atom is -0.463 e.